The molecule has 4 rings (SSSR count). The fourth-order valence-electron chi connectivity index (χ4n) is 3.72. The van der Waals surface area contributed by atoms with Gasteiger partial charge in [0.2, 0.25) is 0 Å². The summed E-state index contributed by atoms with van der Waals surface area (Å²) in [5.41, 5.74) is 2.92. The second-order valence-corrected chi connectivity index (χ2v) is 7.06. The van der Waals surface area contributed by atoms with Crippen molar-refractivity contribution in [2.45, 2.75) is 18.9 Å². The molecule has 2 aliphatic rings. The van der Waals surface area contributed by atoms with Gasteiger partial charge < -0.3 is 14.5 Å². The fourth-order valence-corrected chi connectivity index (χ4v) is 3.72. The molecule has 27 heavy (non-hydrogen) atoms. The summed E-state index contributed by atoms with van der Waals surface area (Å²) in [6.07, 6.45) is 1.48. The van der Waals surface area contributed by atoms with E-state index in [-0.39, 0.29) is 17.9 Å². The Kier molecular flexibility index (Phi) is 5.21. The molecule has 0 bridgehead atoms. The van der Waals surface area contributed by atoms with E-state index in [1.54, 1.807) is 0 Å². The predicted octanol–water partition coefficient (Wildman–Crippen LogP) is 2.82. The summed E-state index contributed by atoms with van der Waals surface area (Å²) in [5, 5.41) is 0. The third-order valence-corrected chi connectivity index (χ3v) is 5.32. The summed E-state index contributed by atoms with van der Waals surface area (Å²) in [5.74, 6) is 0.102. The van der Waals surface area contributed by atoms with Gasteiger partial charge in [-0.2, -0.15) is 0 Å². The van der Waals surface area contributed by atoms with Crippen molar-refractivity contribution in [1.29, 1.82) is 0 Å². The van der Waals surface area contributed by atoms with Crippen LogP contribution in [-0.4, -0.2) is 60.5 Å². The highest BCUT2D eigenvalue weighted by molar-refractivity contribution is 5.95. The Morgan fingerprint density at radius 2 is 1.44 bits per heavy atom. The van der Waals surface area contributed by atoms with E-state index >= 15 is 0 Å². The Bertz CT molecular complexity index is 790. The average Bonchev–Trinajstić information content (AvgIpc) is 3.28. The largest absolute Gasteiger partial charge is 0.368 e. The number of piperazine rings is 1. The van der Waals surface area contributed by atoms with Crippen molar-refractivity contribution in [2.75, 3.05) is 32.8 Å². The van der Waals surface area contributed by atoms with E-state index in [0.717, 1.165) is 24.0 Å². The molecule has 2 amide bonds. The Balaban J connectivity index is 1.36. The number of benzene rings is 2. The first-order valence-electron chi connectivity index (χ1n) is 9.57. The van der Waals surface area contributed by atoms with Crippen LogP contribution in [0, 0.1) is 0 Å². The molecule has 2 heterocycles. The monoisotopic (exact) mass is 364 g/mol. The van der Waals surface area contributed by atoms with Gasteiger partial charge in [-0.3, -0.25) is 9.59 Å². The van der Waals surface area contributed by atoms with Crippen LogP contribution >= 0.6 is 0 Å². The van der Waals surface area contributed by atoms with E-state index in [1.165, 1.54) is 0 Å². The highest BCUT2D eigenvalue weighted by Gasteiger charge is 2.31. The average molecular weight is 364 g/mol. The second kappa shape index (κ2) is 7.92. The number of nitrogens with zero attached hydrogens (tertiary/aromatic N) is 2. The van der Waals surface area contributed by atoms with E-state index in [4.69, 9.17) is 4.74 Å². The number of carbonyl (C=O) groups is 2. The van der Waals surface area contributed by atoms with Gasteiger partial charge in [-0.25, -0.2) is 0 Å². The van der Waals surface area contributed by atoms with Crippen LogP contribution in [-0.2, 0) is 9.53 Å². The number of rotatable bonds is 3. The van der Waals surface area contributed by atoms with Crippen molar-refractivity contribution in [3.8, 4) is 11.1 Å². The minimum Gasteiger partial charge on any atom is -0.368 e. The van der Waals surface area contributed by atoms with Gasteiger partial charge in [0.25, 0.3) is 11.8 Å². The van der Waals surface area contributed by atoms with E-state index in [0.29, 0.717) is 38.3 Å². The highest BCUT2D eigenvalue weighted by atomic mass is 16.5. The maximum atomic E-state index is 12.8. The molecular weight excluding hydrogens is 340 g/mol. The van der Waals surface area contributed by atoms with E-state index in [1.807, 2.05) is 52.3 Å². The van der Waals surface area contributed by atoms with Crippen molar-refractivity contribution in [3.05, 3.63) is 60.2 Å². The van der Waals surface area contributed by atoms with E-state index < -0.39 is 0 Å². The zero-order valence-corrected chi connectivity index (χ0v) is 15.3. The standard InChI is InChI=1S/C22H24N2O3/c25-21(19-10-8-18(9-11-19)17-5-2-1-3-6-17)23-12-14-24(15-13-23)22(26)20-7-4-16-27-20/h1-3,5-6,8-11,20H,4,7,12-16H2/t20-/m0/s1. The molecule has 0 aliphatic carbocycles. The molecule has 140 valence electrons. The Morgan fingerprint density at radius 1 is 0.815 bits per heavy atom. The maximum absolute atomic E-state index is 12.8. The van der Waals surface area contributed by atoms with Crippen LogP contribution in [0.25, 0.3) is 11.1 Å². The fraction of sp³-hybridized carbons (Fsp3) is 0.364. The summed E-state index contributed by atoms with van der Waals surface area (Å²) in [6, 6.07) is 17.9. The second-order valence-electron chi connectivity index (χ2n) is 7.06. The third kappa shape index (κ3) is 3.88. The highest BCUT2D eigenvalue weighted by Crippen LogP contribution is 2.21. The zero-order valence-electron chi connectivity index (χ0n) is 15.3. The molecule has 5 heteroatoms. The maximum Gasteiger partial charge on any atom is 0.253 e. The molecule has 0 N–H and O–H groups in total. The molecule has 0 spiro atoms. The normalized spacial score (nSPS) is 19.9. The van der Waals surface area contributed by atoms with Gasteiger partial charge in [-0.1, -0.05) is 42.5 Å². The van der Waals surface area contributed by atoms with Crippen LogP contribution in [0.2, 0.25) is 0 Å². The lowest BCUT2D eigenvalue weighted by atomic mass is 10.0. The first-order chi connectivity index (χ1) is 13.2. The molecule has 0 unspecified atom stereocenters. The molecule has 5 nitrogen and oxygen atoms in total. The minimum absolute atomic E-state index is 0.0267. The Hall–Kier alpha value is -2.66. The topological polar surface area (TPSA) is 49.9 Å². The number of hydrogen-bond donors (Lipinski definition) is 0. The molecule has 2 fully saturated rings. The molecule has 2 aromatic carbocycles. The number of hydrogen-bond acceptors (Lipinski definition) is 3. The van der Waals surface area contributed by atoms with Gasteiger partial charge in [0.05, 0.1) is 0 Å². The summed E-state index contributed by atoms with van der Waals surface area (Å²) < 4.78 is 5.49. The number of carbonyl (C=O) groups excluding carboxylic acids is 2. The van der Waals surface area contributed by atoms with E-state index in [9.17, 15) is 9.59 Å². The lowest BCUT2D eigenvalue weighted by molar-refractivity contribution is -0.142. The van der Waals surface area contributed by atoms with Crippen LogP contribution in [0.15, 0.2) is 54.6 Å². The first kappa shape index (κ1) is 17.7. The Morgan fingerprint density at radius 3 is 2.07 bits per heavy atom. The molecule has 2 aromatic rings. The summed E-state index contributed by atoms with van der Waals surface area (Å²) in [4.78, 5) is 28.9. The van der Waals surface area contributed by atoms with Crippen molar-refractivity contribution in [3.63, 3.8) is 0 Å². The lowest BCUT2D eigenvalue weighted by Crippen LogP contribution is -2.52. The van der Waals surface area contributed by atoms with Crippen molar-refractivity contribution >= 4 is 11.8 Å². The van der Waals surface area contributed by atoms with Crippen molar-refractivity contribution in [1.82, 2.24) is 9.80 Å². The predicted molar refractivity (Wildman–Crippen MR) is 103 cm³/mol. The lowest BCUT2D eigenvalue weighted by Gasteiger charge is -2.35. The molecule has 0 saturated carbocycles. The first-order valence-corrected chi connectivity index (χ1v) is 9.57. The van der Waals surface area contributed by atoms with Gasteiger partial charge in [0.15, 0.2) is 0 Å². The van der Waals surface area contributed by atoms with Gasteiger partial charge in [-0.05, 0) is 36.1 Å². The molecule has 0 aromatic heterocycles. The molecule has 2 aliphatic heterocycles. The van der Waals surface area contributed by atoms with Crippen molar-refractivity contribution in [2.24, 2.45) is 0 Å². The minimum atomic E-state index is -0.280. The summed E-state index contributed by atoms with van der Waals surface area (Å²) in [6.45, 7) is 2.96. The van der Waals surface area contributed by atoms with Crippen LogP contribution in [0.5, 0.6) is 0 Å². The smallest absolute Gasteiger partial charge is 0.253 e. The quantitative estimate of drug-likeness (QED) is 0.842. The number of amides is 2. The zero-order chi connectivity index (χ0) is 18.6. The van der Waals surface area contributed by atoms with Gasteiger partial charge in [0, 0.05) is 38.3 Å². The van der Waals surface area contributed by atoms with Crippen LogP contribution in [0.3, 0.4) is 0 Å². The van der Waals surface area contributed by atoms with Crippen molar-refractivity contribution < 1.29 is 14.3 Å². The van der Waals surface area contributed by atoms with E-state index in [2.05, 4.69) is 12.1 Å². The summed E-state index contributed by atoms with van der Waals surface area (Å²) >= 11 is 0. The van der Waals surface area contributed by atoms with Gasteiger partial charge in [-0.15, -0.1) is 0 Å². The SMILES string of the molecule is O=C(c1ccc(-c2ccccc2)cc1)N1CCN(C(=O)[C@@H]2CCCO2)CC1. The molecule has 0 radical (unpaired) electrons. The van der Waals surface area contributed by atoms with Crippen LogP contribution in [0.4, 0.5) is 0 Å². The van der Waals surface area contributed by atoms with Gasteiger partial charge in [0.1, 0.15) is 6.10 Å². The molecular formula is C22H24N2O3. The summed E-state index contributed by atoms with van der Waals surface area (Å²) in [7, 11) is 0. The third-order valence-electron chi connectivity index (χ3n) is 5.32. The molecule has 2 saturated heterocycles. The van der Waals surface area contributed by atoms with Gasteiger partial charge >= 0.3 is 0 Å². The Labute approximate surface area is 159 Å². The van der Waals surface area contributed by atoms with Crippen LogP contribution < -0.4 is 0 Å². The number of ether oxygens (including phenoxy) is 1. The van der Waals surface area contributed by atoms with Crippen LogP contribution in [0.1, 0.15) is 23.2 Å². The molecule has 1 atom stereocenters.